The van der Waals surface area contributed by atoms with Crippen LogP contribution in [0.25, 0.3) is 0 Å². The highest BCUT2D eigenvalue weighted by Gasteiger charge is 2.52. The van der Waals surface area contributed by atoms with Crippen LogP contribution in [0.3, 0.4) is 0 Å². The standard InChI is InChI=1S/C26H35ClO5/c1-14-9-7-8-10-15(2)31-25(30)16(3)23(28)22(27)24(29)21-19(14)12-11-18-13-26(5,6)32-17(4)20(18)21/h7-12,14-22H,13H2,1-6H3/b9-7-,10-8+/t14-,15+,16+,17+,18-,19+,20?,21?,22?/m1/s1. The van der Waals surface area contributed by atoms with Gasteiger partial charge in [0.15, 0.2) is 16.9 Å². The van der Waals surface area contributed by atoms with E-state index in [1.165, 1.54) is 6.92 Å². The Morgan fingerprint density at radius 1 is 0.938 bits per heavy atom. The summed E-state index contributed by atoms with van der Waals surface area (Å²) < 4.78 is 11.6. The molecule has 3 rings (SSSR count). The molecule has 2 aliphatic heterocycles. The fourth-order valence-corrected chi connectivity index (χ4v) is 5.86. The number of carbonyl (C=O) groups is 3. The lowest BCUT2D eigenvalue weighted by atomic mass is 9.60. The number of halogens is 1. The maximum atomic E-state index is 13.8. The number of hydrogen-bond donors (Lipinski definition) is 0. The summed E-state index contributed by atoms with van der Waals surface area (Å²) in [5.41, 5.74) is -0.288. The van der Waals surface area contributed by atoms with E-state index >= 15 is 0 Å². The van der Waals surface area contributed by atoms with Crippen LogP contribution in [0.15, 0.2) is 36.5 Å². The number of carbonyl (C=O) groups excluding carboxylic acids is 3. The highest BCUT2D eigenvalue weighted by atomic mass is 35.5. The highest BCUT2D eigenvalue weighted by molar-refractivity contribution is 6.43. The van der Waals surface area contributed by atoms with E-state index in [1.807, 2.05) is 25.2 Å². The van der Waals surface area contributed by atoms with E-state index in [2.05, 4.69) is 32.9 Å². The number of ether oxygens (including phenoxy) is 2. The van der Waals surface area contributed by atoms with E-state index in [0.717, 1.165) is 6.42 Å². The van der Waals surface area contributed by atoms with Crippen LogP contribution in [0.1, 0.15) is 48.0 Å². The summed E-state index contributed by atoms with van der Waals surface area (Å²) in [4.78, 5) is 39.2. The first kappa shape index (κ1) is 24.9. The van der Waals surface area contributed by atoms with Crippen molar-refractivity contribution >= 4 is 29.1 Å². The van der Waals surface area contributed by atoms with Crippen molar-refractivity contribution in [2.75, 3.05) is 0 Å². The number of alkyl halides is 1. The number of rotatable bonds is 0. The van der Waals surface area contributed by atoms with Crippen LogP contribution in [-0.4, -0.2) is 40.7 Å². The van der Waals surface area contributed by atoms with Gasteiger partial charge >= 0.3 is 5.97 Å². The largest absolute Gasteiger partial charge is 0.458 e. The maximum Gasteiger partial charge on any atom is 0.316 e. The molecule has 0 amide bonds. The molecule has 3 aliphatic rings. The predicted octanol–water partition coefficient (Wildman–Crippen LogP) is 4.68. The molecule has 0 aromatic carbocycles. The molecule has 0 saturated carbocycles. The molecule has 0 bridgehead atoms. The smallest absolute Gasteiger partial charge is 0.316 e. The van der Waals surface area contributed by atoms with Gasteiger partial charge in [0.25, 0.3) is 0 Å². The van der Waals surface area contributed by atoms with E-state index < -0.39 is 35.1 Å². The van der Waals surface area contributed by atoms with Crippen LogP contribution in [0.5, 0.6) is 0 Å². The summed E-state index contributed by atoms with van der Waals surface area (Å²) in [7, 11) is 0. The summed E-state index contributed by atoms with van der Waals surface area (Å²) in [6, 6.07) is 0. The first-order valence-corrected chi connectivity index (χ1v) is 12.0. The zero-order valence-corrected chi connectivity index (χ0v) is 20.5. The second kappa shape index (κ2) is 9.64. The van der Waals surface area contributed by atoms with Gasteiger partial charge in [-0.05, 0) is 64.9 Å². The molecule has 0 aromatic rings. The van der Waals surface area contributed by atoms with E-state index in [0.29, 0.717) is 0 Å². The number of esters is 1. The second-order valence-electron chi connectivity index (χ2n) is 10.2. The van der Waals surface area contributed by atoms with Crippen molar-refractivity contribution in [1.29, 1.82) is 0 Å². The number of fused-ring (bicyclic) bond motifs is 3. The third-order valence-electron chi connectivity index (χ3n) is 7.10. The quantitative estimate of drug-likeness (QED) is 0.226. The molecule has 0 N–H and O–H groups in total. The Balaban J connectivity index is 2.05. The van der Waals surface area contributed by atoms with Crippen molar-refractivity contribution in [3.63, 3.8) is 0 Å². The van der Waals surface area contributed by atoms with Gasteiger partial charge in [-0.25, -0.2) is 0 Å². The van der Waals surface area contributed by atoms with Crippen molar-refractivity contribution in [2.24, 2.45) is 35.5 Å². The minimum Gasteiger partial charge on any atom is -0.458 e. The lowest BCUT2D eigenvalue weighted by molar-refractivity contribution is -0.168. The minimum atomic E-state index is -1.40. The van der Waals surface area contributed by atoms with Gasteiger partial charge in [-0.15, -0.1) is 11.6 Å². The number of ketones is 2. The topological polar surface area (TPSA) is 69.7 Å². The number of allylic oxidation sites excluding steroid dienone is 5. The Labute approximate surface area is 196 Å². The lowest BCUT2D eigenvalue weighted by Crippen LogP contribution is -2.54. The molecule has 1 fully saturated rings. The molecule has 9 atom stereocenters. The molecule has 3 unspecified atom stereocenters. The van der Waals surface area contributed by atoms with Gasteiger partial charge in [0.05, 0.1) is 11.7 Å². The predicted molar refractivity (Wildman–Crippen MR) is 124 cm³/mol. The Morgan fingerprint density at radius 2 is 1.59 bits per heavy atom. The third-order valence-corrected chi connectivity index (χ3v) is 7.53. The zero-order chi connectivity index (χ0) is 23.8. The molecule has 5 nitrogen and oxygen atoms in total. The number of cyclic esters (lactones) is 1. The van der Waals surface area contributed by atoms with Crippen molar-refractivity contribution in [3.8, 4) is 0 Å². The Bertz CT molecular complexity index is 841. The SMILES string of the molecule is C[C@@H]1C(=O)O[C@@H](C)/C=C/C=C\[C@@H](C)[C@@H]2C=C[C@@H]3CC(C)(C)O[C@@H](C)C3C2C(=O)C(Cl)C1=O. The van der Waals surface area contributed by atoms with E-state index in [-0.39, 0.29) is 41.2 Å². The van der Waals surface area contributed by atoms with Crippen molar-refractivity contribution in [3.05, 3.63) is 36.5 Å². The van der Waals surface area contributed by atoms with Crippen LogP contribution < -0.4 is 0 Å². The first-order valence-electron chi connectivity index (χ1n) is 11.6. The van der Waals surface area contributed by atoms with Crippen LogP contribution in [0.4, 0.5) is 0 Å². The van der Waals surface area contributed by atoms with Crippen molar-refractivity contribution in [2.45, 2.75) is 71.1 Å². The molecular weight excluding hydrogens is 428 g/mol. The van der Waals surface area contributed by atoms with Crippen LogP contribution in [0, 0.1) is 35.5 Å². The maximum absolute atomic E-state index is 13.8. The van der Waals surface area contributed by atoms with Crippen LogP contribution in [-0.2, 0) is 23.9 Å². The minimum absolute atomic E-state index is 0.0464. The Morgan fingerprint density at radius 3 is 2.28 bits per heavy atom. The molecule has 6 heteroatoms. The van der Waals surface area contributed by atoms with E-state index in [1.54, 1.807) is 13.0 Å². The molecule has 2 heterocycles. The van der Waals surface area contributed by atoms with Gasteiger partial charge in [-0.1, -0.05) is 37.3 Å². The molecule has 0 spiro atoms. The van der Waals surface area contributed by atoms with Crippen LogP contribution >= 0.6 is 11.6 Å². The Hall–Kier alpha value is -1.72. The fraction of sp³-hybridized carbons (Fsp3) is 0.654. The van der Waals surface area contributed by atoms with Gasteiger partial charge in [-0.2, -0.15) is 0 Å². The van der Waals surface area contributed by atoms with E-state index in [4.69, 9.17) is 21.1 Å². The van der Waals surface area contributed by atoms with Gasteiger partial charge in [0.1, 0.15) is 12.0 Å². The Kier molecular flexibility index (Phi) is 7.51. The molecule has 32 heavy (non-hydrogen) atoms. The zero-order valence-electron chi connectivity index (χ0n) is 19.8. The van der Waals surface area contributed by atoms with E-state index in [9.17, 15) is 14.4 Å². The summed E-state index contributed by atoms with van der Waals surface area (Å²) in [5, 5.41) is -1.40. The number of hydrogen-bond acceptors (Lipinski definition) is 5. The average Bonchev–Trinajstić information content (AvgIpc) is 2.72. The van der Waals surface area contributed by atoms with Gasteiger partial charge in [-0.3, -0.25) is 14.4 Å². The monoisotopic (exact) mass is 462 g/mol. The number of Topliss-reactive ketones (excluding diaryl/α,β-unsaturated/α-hetero) is 2. The molecule has 0 radical (unpaired) electrons. The first-order chi connectivity index (χ1) is 14.9. The summed E-state index contributed by atoms with van der Waals surface area (Å²) in [5.74, 6) is -3.17. The lowest BCUT2D eigenvalue weighted by Gasteiger charge is -2.51. The third kappa shape index (κ3) is 5.09. The van der Waals surface area contributed by atoms with Crippen LogP contribution in [0.2, 0.25) is 0 Å². The molecule has 0 aromatic heterocycles. The summed E-state index contributed by atoms with van der Waals surface area (Å²) in [6.45, 7) is 11.4. The van der Waals surface area contributed by atoms with Gasteiger partial charge < -0.3 is 9.47 Å². The van der Waals surface area contributed by atoms with Crippen molar-refractivity contribution < 1.29 is 23.9 Å². The molecule has 176 valence electrons. The summed E-state index contributed by atoms with van der Waals surface area (Å²) in [6.07, 6.45) is 12.0. The summed E-state index contributed by atoms with van der Waals surface area (Å²) >= 11 is 6.48. The van der Waals surface area contributed by atoms with Gasteiger partial charge in [0, 0.05) is 11.8 Å². The fourth-order valence-electron chi connectivity index (χ4n) is 5.52. The second-order valence-corrected chi connectivity index (χ2v) is 10.6. The molecule has 1 saturated heterocycles. The molecular formula is C26H35ClO5. The highest BCUT2D eigenvalue weighted by Crippen LogP contribution is 2.49. The normalized spacial score (nSPS) is 44.6. The van der Waals surface area contributed by atoms with Crippen molar-refractivity contribution in [1.82, 2.24) is 0 Å². The average molecular weight is 463 g/mol. The molecule has 1 aliphatic carbocycles. The van der Waals surface area contributed by atoms with Gasteiger partial charge in [0.2, 0.25) is 0 Å².